The summed E-state index contributed by atoms with van der Waals surface area (Å²) in [7, 11) is 3.24. The van der Waals surface area contributed by atoms with E-state index in [0.717, 1.165) is 17.8 Å². The van der Waals surface area contributed by atoms with Crippen LogP contribution in [0.1, 0.15) is 18.3 Å². The van der Waals surface area contributed by atoms with Crippen LogP contribution in [0, 0.1) is 0 Å². The van der Waals surface area contributed by atoms with Crippen molar-refractivity contribution in [2.75, 3.05) is 7.11 Å². The van der Waals surface area contributed by atoms with E-state index in [0.29, 0.717) is 10.9 Å². The summed E-state index contributed by atoms with van der Waals surface area (Å²) in [6.07, 6.45) is 0.901. The van der Waals surface area contributed by atoms with Crippen molar-refractivity contribution >= 4 is 17.7 Å². The third-order valence-corrected chi connectivity index (χ3v) is 3.73. The molecule has 8 nitrogen and oxygen atoms in total. The number of esters is 1. The molecular formula is C11H16N6O2S. The van der Waals surface area contributed by atoms with E-state index in [9.17, 15) is 4.79 Å². The second kappa shape index (κ2) is 6.51. The van der Waals surface area contributed by atoms with Gasteiger partial charge in [-0.1, -0.05) is 18.7 Å². The van der Waals surface area contributed by atoms with Gasteiger partial charge in [-0.15, -0.1) is 5.10 Å². The summed E-state index contributed by atoms with van der Waals surface area (Å²) in [5.74, 6) is 0.304. The Morgan fingerprint density at radius 3 is 2.95 bits per heavy atom. The molecule has 20 heavy (non-hydrogen) atoms. The largest absolute Gasteiger partial charge is 0.468 e. The van der Waals surface area contributed by atoms with Crippen LogP contribution in [-0.2, 0) is 35.3 Å². The number of nitrogens with zero attached hydrogens (tertiary/aromatic N) is 6. The predicted molar refractivity (Wildman–Crippen MR) is 72.0 cm³/mol. The lowest BCUT2D eigenvalue weighted by Crippen LogP contribution is -2.13. The summed E-state index contributed by atoms with van der Waals surface area (Å²) >= 11 is 1.46. The highest BCUT2D eigenvalue weighted by atomic mass is 32.2. The van der Waals surface area contributed by atoms with Crippen molar-refractivity contribution in [3.63, 3.8) is 0 Å². The molecule has 0 aliphatic rings. The zero-order chi connectivity index (χ0) is 14.5. The number of tetrazole rings is 1. The van der Waals surface area contributed by atoms with Gasteiger partial charge in [0, 0.05) is 18.5 Å². The van der Waals surface area contributed by atoms with Crippen molar-refractivity contribution in [2.45, 2.75) is 30.8 Å². The van der Waals surface area contributed by atoms with Gasteiger partial charge in [0.25, 0.3) is 0 Å². The van der Waals surface area contributed by atoms with Gasteiger partial charge in [-0.25, -0.2) is 4.68 Å². The molecule has 2 rings (SSSR count). The molecule has 0 aliphatic carbocycles. The van der Waals surface area contributed by atoms with Crippen LogP contribution in [0.4, 0.5) is 0 Å². The van der Waals surface area contributed by atoms with Gasteiger partial charge in [0.05, 0.1) is 12.8 Å². The van der Waals surface area contributed by atoms with E-state index in [2.05, 4.69) is 38.4 Å². The summed E-state index contributed by atoms with van der Waals surface area (Å²) in [6.45, 7) is 2.08. The van der Waals surface area contributed by atoms with Gasteiger partial charge < -0.3 is 4.74 Å². The predicted octanol–water partition coefficient (Wildman–Crippen LogP) is 0.434. The minimum Gasteiger partial charge on any atom is -0.468 e. The van der Waals surface area contributed by atoms with E-state index in [4.69, 9.17) is 0 Å². The highest BCUT2D eigenvalue weighted by molar-refractivity contribution is 7.98. The average molecular weight is 296 g/mol. The first-order valence-corrected chi connectivity index (χ1v) is 7.10. The lowest BCUT2D eigenvalue weighted by molar-refractivity contribution is -0.141. The number of rotatable bonds is 6. The molecule has 0 aromatic carbocycles. The van der Waals surface area contributed by atoms with Gasteiger partial charge in [0.2, 0.25) is 5.16 Å². The Morgan fingerprint density at radius 2 is 2.30 bits per heavy atom. The average Bonchev–Trinajstić information content (AvgIpc) is 3.03. The smallest absolute Gasteiger partial charge is 0.327 e. The first-order valence-electron chi connectivity index (χ1n) is 6.11. The van der Waals surface area contributed by atoms with Crippen LogP contribution in [0.5, 0.6) is 0 Å². The third-order valence-electron chi connectivity index (χ3n) is 2.74. The Hall–Kier alpha value is -1.90. The molecule has 0 saturated carbocycles. The summed E-state index contributed by atoms with van der Waals surface area (Å²) in [6, 6.07) is 2.06. The number of carbonyl (C=O) groups is 1. The molecule has 2 aromatic rings. The fourth-order valence-electron chi connectivity index (χ4n) is 1.60. The number of methoxy groups -OCH3 is 1. The third kappa shape index (κ3) is 3.35. The van der Waals surface area contributed by atoms with Crippen LogP contribution in [0.25, 0.3) is 0 Å². The van der Waals surface area contributed by atoms with Crippen molar-refractivity contribution in [1.29, 1.82) is 0 Å². The van der Waals surface area contributed by atoms with Gasteiger partial charge in [-0.05, 0) is 22.9 Å². The van der Waals surface area contributed by atoms with Crippen molar-refractivity contribution in [3.05, 3.63) is 17.5 Å². The zero-order valence-corrected chi connectivity index (χ0v) is 12.4. The fraction of sp³-hybridized carbons (Fsp3) is 0.545. The molecule has 0 fully saturated rings. The Bertz CT molecular complexity index is 594. The minimum absolute atomic E-state index is 0.0113. The highest BCUT2D eigenvalue weighted by Gasteiger charge is 2.12. The standard InChI is InChI=1S/C11H16N6O2S/c1-4-8-5-9(16(2)13-8)7-20-11-12-14-15-17(11)6-10(18)19-3/h5H,4,6-7H2,1-3H3. The number of hydrogen-bond donors (Lipinski definition) is 0. The number of hydrogen-bond acceptors (Lipinski definition) is 7. The molecule has 0 saturated heterocycles. The molecule has 0 spiro atoms. The van der Waals surface area contributed by atoms with Crippen LogP contribution in [-0.4, -0.2) is 43.1 Å². The van der Waals surface area contributed by atoms with Crippen LogP contribution in [0.3, 0.4) is 0 Å². The molecule has 9 heteroatoms. The number of aryl methyl sites for hydroxylation is 2. The van der Waals surface area contributed by atoms with Crippen molar-refractivity contribution < 1.29 is 9.53 Å². The van der Waals surface area contributed by atoms with Gasteiger partial charge in [0.1, 0.15) is 6.54 Å². The van der Waals surface area contributed by atoms with Crippen LogP contribution < -0.4 is 0 Å². The maximum absolute atomic E-state index is 11.2. The summed E-state index contributed by atoms with van der Waals surface area (Å²) in [5.41, 5.74) is 2.14. The first-order chi connectivity index (χ1) is 9.63. The number of aromatic nitrogens is 6. The second-order valence-electron chi connectivity index (χ2n) is 4.09. The Labute approximate surface area is 120 Å². The van der Waals surface area contributed by atoms with E-state index in [1.54, 1.807) is 0 Å². The maximum atomic E-state index is 11.2. The second-order valence-corrected chi connectivity index (χ2v) is 5.03. The van der Waals surface area contributed by atoms with E-state index >= 15 is 0 Å². The lowest BCUT2D eigenvalue weighted by atomic mass is 10.3. The number of thioether (sulfide) groups is 1. The molecule has 0 aliphatic heterocycles. The molecule has 0 unspecified atom stereocenters. The number of ether oxygens (including phenoxy) is 1. The molecule has 0 N–H and O–H groups in total. The molecule has 108 valence electrons. The molecule has 0 radical (unpaired) electrons. The Morgan fingerprint density at radius 1 is 1.50 bits per heavy atom. The lowest BCUT2D eigenvalue weighted by Gasteiger charge is -2.03. The van der Waals surface area contributed by atoms with Crippen molar-refractivity contribution in [2.24, 2.45) is 7.05 Å². The van der Waals surface area contributed by atoms with E-state index in [1.165, 1.54) is 23.6 Å². The van der Waals surface area contributed by atoms with E-state index in [1.807, 2.05) is 11.7 Å². The maximum Gasteiger partial charge on any atom is 0.327 e. The molecule has 2 aromatic heterocycles. The van der Waals surface area contributed by atoms with Crippen LogP contribution in [0.15, 0.2) is 11.2 Å². The molecule has 0 amide bonds. The molecular weight excluding hydrogens is 280 g/mol. The zero-order valence-electron chi connectivity index (χ0n) is 11.6. The van der Waals surface area contributed by atoms with Crippen molar-refractivity contribution in [1.82, 2.24) is 30.0 Å². The normalized spacial score (nSPS) is 10.8. The number of carbonyl (C=O) groups excluding carboxylic acids is 1. The molecule has 0 bridgehead atoms. The first kappa shape index (κ1) is 14.5. The quantitative estimate of drug-likeness (QED) is 0.564. The SMILES string of the molecule is CCc1cc(CSc2nnnn2CC(=O)OC)n(C)n1. The molecule has 2 heterocycles. The Balaban J connectivity index is 2.02. The van der Waals surface area contributed by atoms with Gasteiger partial charge in [0.15, 0.2) is 0 Å². The summed E-state index contributed by atoms with van der Waals surface area (Å²) < 4.78 is 7.87. The monoisotopic (exact) mass is 296 g/mol. The minimum atomic E-state index is -0.382. The van der Waals surface area contributed by atoms with Crippen LogP contribution in [0.2, 0.25) is 0 Å². The van der Waals surface area contributed by atoms with E-state index < -0.39 is 0 Å². The van der Waals surface area contributed by atoms with E-state index in [-0.39, 0.29) is 12.5 Å². The van der Waals surface area contributed by atoms with Crippen LogP contribution >= 0.6 is 11.8 Å². The topological polar surface area (TPSA) is 87.7 Å². The van der Waals surface area contributed by atoms with Gasteiger partial charge >= 0.3 is 5.97 Å². The summed E-state index contributed by atoms with van der Waals surface area (Å²) in [4.78, 5) is 11.2. The Kier molecular flexibility index (Phi) is 4.72. The van der Waals surface area contributed by atoms with Gasteiger partial charge in [-0.2, -0.15) is 5.10 Å². The van der Waals surface area contributed by atoms with Gasteiger partial charge in [-0.3, -0.25) is 9.48 Å². The molecule has 0 atom stereocenters. The summed E-state index contributed by atoms with van der Waals surface area (Å²) in [5, 5.41) is 16.2. The highest BCUT2D eigenvalue weighted by Crippen LogP contribution is 2.20. The fourth-order valence-corrected chi connectivity index (χ4v) is 2.50. The van der Waals surface area contributed by atoms with Crippen molar-refractivity contribution in [3.8, 4) is 0 Å².